The van der Waals surface area contributed by atoms with Crippen LogP contribution in [0, 0.1) is 0 Å². The van der Waals surface area contributed by atoms with Gasteiger partial charge in [0, 0.05) is 24.2 Å². The van der Waals surface area contributed by atoms with Crippen molar-refractivity contribution in [3.8, 4) is 0 Å². The molecule has 0 fully saturated rings. The van der Waals surface area contributed by atoms with Crippen molar-refractivity contribution in [2.75, 3.05) is 0 Å². The third-order valence-corrected chi connectivity index (χ3v) is 5.37. The van der Waals surface area contributed by atoms with E-state index in [1.54, 1.807) is 24.3 Å². The summed E-state index contributed by atoms with van der Waals surface area (Å²) in [6.07, 6.45) is 1.94. The summed E-state index contributed by atoms with van der Waals surface area (Å²) in [6.45, 7) is 1.92. The Morgan fingerprint density at radius 1 is 1.33 bits per heavy atom. The van der Waals surface area contributed by atoms with Crippen molar-refractivity contribution in [2.45, 2.75) is 24.8 Å². The van der Waals surface area contributed by atoms with Crippen molar-refractivity contribution >= 4 is 27.1 Å². The van der Waals surface area contributed by atoms with Crippen LogP contribution in [0.1, 0.15) is 18.3 Å². The van der Waals surface area contributed by atoms with Gasteiger partial charge in [-0.05, 0) is 17.7 Å². The van der Waals surface area contributed by atoms with Crippen LogP contribution in [0.3, 0.4) is 0 Å². The minimum Gasteiger partial charge on any atom is -0.297 e. The molecular formula is C15H15ClN4O3S. The van der Waals surface area contributed by atoms with Crippen molar-refractivity contribution in [2.24, 2.45) is 0 Å². The van der Waals surface area contributed by atoms with E-state index in [0.29, 0.717) is 22.8 Å². The maximum Gasteiger partial charge on any atom is 0.288 e. The number of hydrogen-bond donors (Lipinski definition) is 2. The Morgan fingerprint density at radius 2 is 2.08 bits per heavy atom. The van der Waals surface area contributed by atoms with Crippen LogP contribution >= 0.6 is 11.6 Å². The third kappa shape index (κ3) is 3.08. The lowest BCUT2D eigenvalue weighted by Gasteiger charge is -2.06. The summed E-state index contributed by atoms with van der Waals surface area (Å²) in [6, 6.07) is 8.31. The van der Waals surface area contributed by atoms with Crippen LogP contribution in [0.2, 0.25) is 5.02 Å². The summed E-state index contributed by atoms with van der Waals surface area (Å²) in [4.78, 5) is 11.8. The highest BCUT2D eigenvalue weighted by atomic mass is 35.5. The molecule has 0 radical (unpaired) electrons. The maximum absolute atomic E-state index is 12.5. The SMILES string of the molecule is CCc1n[nH]c(=O)c2cc(S(=O)(=O)NCc3ccccc3Cl)cn12. The molecule has 0 saturated heterocycles. The van der Waals surface area contributed by atoms with Gasteiger partial charge in [0.15, 0.2) is 0 Å². The average Bonchev–Trinajstić information content (AvgIpc) is 3.02. The lowest BCUT2D eigenvalue weighted by molar-refractivity contribution is 0.581. The monoisotopic (exact) mass is 366 g/mol. The van der Waals surface area contributed by atoms with Gasteiger partial charge in [-0.15, -0.1) is 0 Å². The van der Waals surface area contributed by atoms with Crippen LogP contribution in [-0.4, -0.2) is 23.0 Å². The van der Waals surface area contributed by atoms with Gasteiger partial charge in [0.05, 0.1) is 0 Å². The average molecular weight is 367 g/mol. The first kappa shape index (κ1) is 16.7. The standard InChI is InChI=1S/C15H15ClN4O3S/c1-2-14-18-19-15(21)13-7-11(9-20(13)14)24(22,23)17-8-10-5-3-4-6-12(10)16/h3-7,9,17H,2,8H2,1H3,(H,19,21). The van der Waals surface area contributed by atoms with Crippen molar-refractivity contribution in [3.63, 3.8) is 0 Å². The maximum atomic E-state index is 12.5. The summed E-state index contributed by atoms with van der Waals surface area (Å²) in [5.74, 6) is 0.567. The lowest BCUT2D eigenvalue weighted by Crippen LogP contribution is -2.23. The van der Waals surface area contributed by atoms with Crippen molar-refractivity contribution in [1.82, 2.24) is 19.3 Å². The molecular weight excluding hydrogens is 352 g/mol. The van der Waals surface area contributed by atoms with Crippen molar-refractivity contribution in [3.05, 3.63) is 63.3 Å². The number of rotatable bonds is 5. The van der Waals surface area contributed by atoms with E-state index in [-0.39, 0.29) is 17.0 Å². The molecule has 3 rings (SSSR count). The fourth-order valence-electron chi connectivity index (χ4n) is 2.35. The predicted molar refractivity (Wildman–Crippen MR) is 90.7 cm³/mol. The van der Waals surface area contributed by atoms with Gasteiger partial charge in [0.25, 0.3) is 5.56 Å². The number of aromatic amines is 1. The number of aromatic nitrogens is 3. The molecule has 0 amide bonds. The van der Waals surface area contributed by atoms with E-state index in [1.165, 1.54) is 16.7 Å². The second kappa shape index (κ2) is 6.39. The lowest BCUT2D eigenvalue weighted by atomic mass is 10.2. The quantitative estimate of drug-likeness (QED) is 0.718. The van der Waals surface area contributed by atoms with Gasteiger partial charge in [-0.2, -0.15) is 5.10 Å². The summed E-state index contributed by atoms with van der Waals surface area (Å²) in [5, 5.41) is 6.77. The fourth-order valence-corrected chi connectivity index (χ4v) is 3.57. The molecule has 0 aliphatic heterocycles. The minimum atomic E-state index is -3.79. The number of aryl methyl sites for hydroxylation is 1. The highest BCUT2D eigenvalue weighted by Gasteiger charge is 2.19. The van der Waals surface area contributed by atoms with Gasteiger partial charge in [0.2, 0.25) is 10.0 Å². The van der Waals surface area contributed by atoms with Crippen LogP contribution < -0.4 is 10.3 Å². The molecule has 7 nitrogen and oxygen atoms in total. The molecule has 0 aliphatic rings. The Bertz CT molecular complexity index is 1060. The highest BCUT2D eigenvalue weighted by molar-refractivity contribution is 7.89. The number of halogens is 1. The number of nitrogens with one attached hydrogen (secondary N) is 2. The van der Waals surface area contributed by atoms with Crippen LogP contribution in [0.5, 0.6) is 0 Å². The molecule has 2 aromatic heterocycles. The largest absolute Gasteiger partial charge is 0.297 e. The molecule has 0 saturated carbocycles. The van der Waals surface area contributed by atoms with Gasteiger partial charge < -0.3 is 0 Å². The third-order valence-electron chi connectivity index (χ3n) is 3.63. The molecule has 0 spiro atoms. The van der Waals surface area contributed by atoms with E-state index in [2.05, 4.69) is 14.9 Å². The van der Waals surface area contributed by atoms with E-state index in [9.17, 15) is 13.2 Å². The number of nitrogens with zero attached hydrogens (tertiary/aromatic N) is 2. The Kier molecular flexibility index (Phi) is 4.44. The first-order valence-electron chi connectivity index (χ1n) is 7.25. The predicted octanol–water partition coefficient (Wildman–Crippen LogP) is 1.72. The van der Waals surface area contributed by atoms with Crippen LogP contribution in [0.4, 0.5) is 0 Å². The number of hydrogen-bond acceptors (Lipinski definition) is 4. The second-order valence-corrected chi connectivity index (χ2v) is 7.34. The summed E-state index contributed by atoms with van der Waals surface area (Å²) < 4.78 is 29.0. The zero-order chi connectivity index (χ0) is 17.3. The van der Waals surface area contributed by atoms with E-state index in [4.69, 9.17) is 11.6 Å². The van der Waals surface area contributed by atoms with Crippen LogP contribution in [0.25, 0.3) is 5.52 Å². The number of sulfonamides is 1. The molecule has 0 aliphatic carbocycles. The van der Waals surface area contributed by atoms with Gasteiger partial charge >= 0.3 is 0 Å². The van der Waals surface area contributed by atoms with Gasteiger partial charge in [-0.25, -0.2) is 18.2 Å². The first-order valence-corrected chi connectivity index (χ1v) is 9.11. The van der Waals surface area contributed by atoms with Crippen molar-refractivity contribution < 1.29 is 8.42 Å². The molecule has 126 valence electrons. The smallest absolute Gasteiger partial charge is 0.288 e. The molecule has 9 heteroatoms. The molecule has 0 unspecified atom stereocenters. The minimum absolute atomic E-state index is 0.00255. The van der Waals surface area contributed by atoms with E-state index in [1.807, 2.05) is 6.92 Å². The zero-order valence-corrected chi connectivity index (χ0v) is 14.4. The summed E-state index contributed by atoms with van der Waals surface area (Å²) >= 11 is 6.03. The van der Waals surface area contributed by atoms with Crippen LogP contribution in [-0.2, 0) is 23.0 Å². The Balaban J connectivity index is 1.95. The molecule has 2 N–H and O–H groups in total. The van der Waals surface area contributed by atoms with Gasteiger partial charge in [-0.3, -0.25) is 9.20 Å². The first-order chi connectivity index (χ1) is 11.4. The van der Waals surface area contributed by atoms with Gasteiger partial charge in [0.1, 0.15) is 16.2 Å². The molecule has 1 aromatic carbocycles. The summed E-state index contributed by atoms with van der Waals surface area (Å²) in [5.41, 5.74) is 0.458. The Hall–Kier alpha value is -2.16. The number of H-pyrrole nitrogens is 1. The van der Waals surface area contributed by atoms with Crippen LogP contribution in [0.15, 0.2) is 46.2 Å². The number of fused-ring (bicyclic) bond motifs is 1. The number of benzene rings is 1. The second-order valence-electron chi connectivity index (χ2n) is 5.17. The van der Waals surface area contributed by atoms with Crippen molar-refractivity contribution in [1.29, 1.82) is 0 Å². The Labute approximate surface area is 143 Å². The van der Waals surface area contributed by atoms with E-state index in [0.717, 1.165) is 0 Å². The normalized spacial score (nSPS) is 11.9. The highest BCUT2D eigenvalue weighted by Crippen LogP contribution is 2.17. The molecule has 0 bridgehead atoms. The zero-order valence-electron chi connectivity index (χ0n) is 12.8. The molecule has 2 heterocycles. The molecule has 0 atom stereocenters. The fraction of sp³-hybridized carbons (Fsp3) is 0.200. The topological polar surface area (TPSA) is 96.3 Å². The van der Waals surface area contributed by atoms with E-state index < -0.39 is 15.6 Å². The molecule has 3 aromatic rings. The molecule has 24 heavy (non-hydrogen) atoms. The Morgan fingerprint density at radius 3 is 2.79 bits per heavy atom. The summed E-state index contributed by atoms with van der Waals surface area (Å²) in [7, 11) is -3.79. The van der Waals surface area contributed by atoms with Gasteiger partial charge in [-0.1, -0.05) is 36.7 Å². The van der Waals surface area contributed by atoms with E-state index >= 15 is 0 Å².